The molecule has 31 heavy (non-hydrogen) atoms. The lowest BCUT2D eigenvalue weighted by Gasteiger charge is -2.13. The predicted molar refractivity (Wildman–Crippen MR) is 122 cm³/mol. The van der Waals surface area contributed by atoms with Crippen LogP contribution in [0.4, 0.5) is 10.1 Å². The number of thioether (sulfide) groups is 1. The maximum absolute atomic E-state index is 13.8. The Labute approximate surface area is 185 Å². The highest BCUT2D eigenvalue weighted by molar-refractivity contribution is 7.99. The monoisotopic (exact) mass is 455 g/mol. The summed E-state index contributed by atoms with van der Waals surface area (Å²) in [5, 5.41) is 4.97. The number of ether oxygens (including phenoxy) is 1. The second-order valence-corrected chi connectivity index (χ2v) is 8.53. The van der Waals surface area contributed by atoms with Gasteiger partial charge < -0.3 is 10.1 Å². The van der Waals surface area contributed by atoms with E-state index in [4.69, 9.17) is 4.74 Å². The molecule has 0 unspecified atom stereocenters. The summed E-state index contributed by atoms with van der Waals surface area (Å²) in [5.41, 5.74) is 1.89. The van der Waals surface area contributed by atoms with Crippen molar-refractivity contribution in [1.29, 1.82) is 0 Å². The summed E-state index contributed by atoms with van der Waals surface area (Å²) >= 11 is 2.44. The maximum atomic E-state index is 13.8. The van der Waals surface area contributed by atoms with E-state index in [1.165, 1.54) is 28.0 Å². The number of nitrogens with one attached hydrogen (secondary N) is 1. The van der Waals surface area contributed by atoms with Crippen LogP contribution in [0.5, 0.6) is 5.75 Å². The van der Waals surface area contributed by atoms with Gasteiger partial charge in [-0.05, 0) is 66.4 Å². The van der Waals surface area contributed by atoms with Crippen LogP contribution in [0, 0.1) is 12.7 Å². The van der Waals surface area contributed by atoms with Crippen molar-refractivity contribution in [1.82, 2.24) is 9.55 Å². The smallest absolute Gasteiger partial charge is 0.276 e. The fourth-order valence-electron chi connectivity index (χ4n) is 2.99. The second-order valence-electron chi connectivity index (χ2n) is 6.67. The molecule has 6 nitrogen and oxygen atoms in total. The number of carbonyl (C=O) groups is 1. The molecule has 2 aromatic heterocycles. The lowest BCUT2D eigenvalue weighted by atomic mass is 10.2. The van der Waals surface area contributed by atoms with Crippen LogP contribution in [0.15, 0.2) is 63.9 Å². The Morgan fingerprint density at radius 2 is 2.00 bits per heavy atom. The van der Waals surface area contributed by atoms with Crippen LogP contribution in [0.3, 0.4) is 0 Å². The average Bonchev–Trinajstić information content (AvgIpc) is 3.24. The highest BCUT2D eigenvalue weighted by Crippen LogP contribution is 2.25. The van der Waals surface area contributed by atoms with Crippen LogP contribution in [-0.2, 0) is 4.79 Å². The first-order chi connectivity index (χ1) is 15.0. The first-order valence-corrected chi connectivity index (χ1v) is 11.2. The standard InChI is InChI=1S/C22H18FN3O3S2/c1-13-11-15(5-8-17(13)23)26-21(28)20-18(9-10-30-20)25-22(26)31-12-19(27)24-14-3-6-16(29-2)7-4-14/h3-11H,12H2,1-2H3,(H,24,27). The number of carbonyl (C=O) groups excluding carboxylic acids is 1. The summed E-state index contributed by atoms with van der Waals surface area (Å²) in [7, 11) is 1.57. The molecule has 0 aliphatic carbocycles. The first-order valence-electron chi connectivity index (χ1n) is 9.30. The van der Waals surface area contributed by atoms with Crippen LogP contribution in [0.25, 0.3) is 15.9 Å². The van der Waals surface area contributed by atoms with Gasteiger partial charge in [-0.3, -0.25) is 14.2 Å². The van der Waals surface area contributed by atoms with Gasteiger partial charge in [0, 0.05) is 5.69 Å². The summed E-state index contributed by atoms with van der Waals surface area (Å²) in [6, 6.07) is 13.2. The zero-order valence-corrected chi connectivity index (χ0v) is 18.3. The van der Waals surface area contributed by atoms with E-state index in [2.05, 4.69) is 10.3 Å². The molecule has 4 aromatic rings. The van der Waals surface area contributed by atoms with Crippen LogP contribution in [0.1, 0.15) is 5.56 Å². The SMILES string of the molecule is COc1ccc(NC(=O)CSc2nc3ccsc3c(=O)n2-c2ccc(F)c(C)c2)cc1. The van der Waals surface area contributed by atoms with Gasteiger partial charge in [-0.15, -0.1) is 11.3 Å². The Morgan fingerprint density at radius 1 is 1.23 bits per heavy atom. The Morgan fingerprint density at radius 3 is 2.71 bits per heavy atom. The number of thiophene rings is 1. The number of aromatic nitrogens is 2. The summed E-state index contributed by atoms with van der Waals surface area (Å²) in [5.74, 6) is 0.153. The molecule has 0 saturated heterocycles. The van der Waals surface area contributed by atoms with Gasteiger partial charge in [-0.2, -0.15) is 0 Å². The molecule has 158 valence electrons. The molecule has 1 amide bonds. The predicted octanol–water partition coefficient (Wildman–Crippen LogP) is 4.63. The Hall–Kier alpha value is -3.17. The third-order valence-corrected chi connectivity index (χ3v) is 6.39. The molecule has 0 fully saturated rings. The van der Waals surface area contributed by atoms with Crippen molar-refractivity contribution >= 4 is 44.9 Å². The minimum atomic E-state index is -0.352. The summed E-state index contributed by atoms with van der Waals surface area (Å²) in [6.07, 6.45) is 0. The third kappa shape index (κ3) is 4.47. The van der Waals surface area contributed by atoms with E-state index in [-0.39, 0.29) is 23.0 Å². The lowest BCUT2D eigenvalue weighted by Crippen LogP contribution is -2.22. The van der Waals surface area contributed by atoms with Crippen molar-refractivity contribution in [3.63, 3.8) is 0 Å². The number of fused-ring (bicyclic) bond motifs is 1. The fraction of sp³-hybridized carbons (Fsp3) is 0.136. The Bertz CT molecular complexity index is 1320. The zero-order chi connectivity index (χ0) is 22.0. The minimum absolute atomic E-state index is 0.0499. The summed E-state index contributed by atoms with van der Waals surface area (Å²) in [6.45, 7) is 1.64. The van der Waals surface area contributed by atoms with Gasteiger partial charge in [0.25, 0.3) is 5.56 Å². The van der Waals surface area contributed by atoms with Gasteiger partial charge in [0.05, 0.1) is 24.1 Å². The molecule has 0 atom stereocenters. The van der Waals surface area contributed by atoms with Crippen molar-refractivity contribution in [2.45, 2.75) is 12.1 Å². The van der Waals surface area contributed by atoms with E-state index in [1.54, 1.807) is 55.8 Å². The molecule has 0 spiro atoms. The molecule has 0 saturated carbocycles. The number of nitrogens with zero attached hydrogens (tertiary/aromatic N) is 2. The summed E-state index contributed by atoms with van der Waals surface area (Å²) in [4.78, 5) is 30.1. The number of aryl methyl sites for hydroxylation is 1. The Balaban J connectivity index is 1.62. The molecule has 2 heterocycles. The average molecular weight is 456 g/mol. The Kier molecular flexibility index (Phi) is 6.06. The van der Waals surface area contributed by atoms with Gasteiger partial charge in [-0.1, -0.05) is 11.8 Å². The number of hydrogen-bond acceptors (Lipinski definition) is 6. The van der Waals surface area contributed by atoms with E-state index in [9.17, 15) is 14.0 Å². The second kappa shape index (κ2) is 8.91. The summed E-state index contributed by atoms with van der Waals surface area (Å²) < 4.78 is 20.8. The number of hydrogen-bond donors (Lipinski definition) is 1. The normalized spacial score (nSPS) is 10.9. The number of amides is 1. The molecule has 4 rings (SSSR count). The molecule has 0 bridgehead atoms. The van der Waals surface area contributed by atoms with Gasteiger partial charge in [0.1, 0.15) is 16.3 Å². The molecular weight excluding hydrogens is 437 g/mol. The van der Waals surface area contributed by atoms with Crippen molar-refractivity contribution in [3.05, 3.63) is 75.6 Å². The van der Waals surface area contributed by atoms with Crippen LogP contribution >= 0.6 is 23.1 Å². The van der Waals surface area contributed by atoms with Crippen LogP contribution in [-0.4, -0.2) is 28.3 Å². The van der Waals surface area contributed by atoms with Gasteiger partial charge >= 0.3 is 0 Å². The molecule has 2 aromatic carbocycles. The number of rotatable bonds is 6. The van der Waals surface area contributed by atoms with E-state index < -0.39 is 0 Å². The van der Waals surface area contributed by atoms with E-state index in [0.29, 0.717) is 38.1 Å². The largest absolute Gasteiger partial charge is 0.497 e. The lowest BCUT2D eigenvalue weighted by molar-refractivity contribution is -0.113. The number of anilines is 1. The highest BCUT2D eigenvalue weighted by Gasteiger charge is 2.16. The van der Waals surface area contributed by atoms with Gasteiger partial charge in [0.2, 0.25) is 5.91 Å². The molecule has 0 aliphatic heterocycles. The van der Waals surface area contributed by atoms with E-state index in [0.717, 1.165) is 11.8 Å². The van der Waals surface area contributed by atoms with Crippen LogP contribution in [0.2, 0.25) is 0 Å². The molecule has 1 N–H and O–H groups in total. The molecule has 0 aliphatic rings. The van der Waals surface area contributed by atoms with E-state index >= 15 is 0 Å². The molecule has 9 heteroatoms. The van der Waals surface area contributed by atoms with Crippen molar-refractivity contribution < 1.29 is 13.9 Å². The number of benzene rings is 2. The van der Waals surface area contributed by atoms with Crippen LogP contribution < -0.4 is 15.6 Å². The number of methoxy groups -OCH3 is 1. The van der Waals surface area contributed by atoms with Crippen molar-refractivity contribution in [2.75, 3.05) is 18.2 Å². The first kappa shape index (κ1) is 21.1. The fourth-order valence-corrected chi connectivity index (χ4v) is 4.56. The van der Waals surface area contributed by atoms with E-state index in [1.807, 2.05) is 0 Å². The minimum Gasteiger partial charge on any atom is -0.497 e. The topological polar surface area (TPSA) is 73.2 Å². The molecule has 0 radical (unpaired) electrons. The third-order valence-electron chi connectivity index (χ3n) is 4.56. The van der Waals surface area contributed by atoms with Gasteiger partial charge in [0.15, 0.2) is 5.16 Å². The number of halogens is 1. The van der Waals surface area contributed by atoms with Crippen molar-refractivity contribution in [2.24, 2.45) is 0 Å². The maximum Gasteiger partial charge on any atom is 0.276 e. The molecular formula is C22H18FN3O3S2. The highest BCUT2D eigenvalue weighted by atomic mass is 32.2. The van der Waals surface area contributed by atoms with Crippen molar-refractivity contribution in [3.8, 4) is 11.4 Å². The van der Waals surface area contributed by atoms with Gasteiger partial charge in [-0.25, -0.2) is 9.37 Å². The zero-order valence-electron chi connectivity index (χ0n) is 16.7. The quantitative estimate of drug-likeness (QED) is 0.339.